The van der Waals surface area contributed by atoms with Crippen LogP contribution < -0.4 is 5.73 Å². The van der Waals surface area contributed by atoms with E-state index in [9.17, 15) is 13.0 Å². The summed E-state index contributed by atoms with van der Waals surface area (Å²) in [5.41, 5.74) is 6.40. The van der Waals surface area contributed by atoms with Gasteiger partial charge < -0.3 is 5.73 Å². The fraction of sp³-hybridized carbons (Fsp3) is 0.278. The normalized spacial score (nSPS) is 22.1. The van der Waals surface area contributed by atoms with Crippen LogP contribution in [0.1, 0.15) is 36.7 Å². The molecule has 2 heterocycles. The van der Waals surface area contributed by atoms with Gasteiger partial charge in [-0.25, -0.2) is 28.0 Å². The van der Waals surface area contributed by atoms with Gasteiger partial charge in [-0.15, -0.1) is 0 Å². The first kappa shape index (κ1) is 20.3. The molecule has 0 saturated carbocycles. The fourth-order valence-electron chi connectivity index (χ4n) is 2.86. The van der Waals surface area contributed by atoms with Crippen LogP contribution in [0.15, 0.2) is 35.6 Å². The second kappa shape index (κ2) is 7.56. The molecule has 1 aromatic carbocycles. The van der Waals surface area contributed by atoms with E-state index in [0.717, 1.165) is 0 Å². The Morgan fingerprint density at radius 2 is 2.07 bits per heavy atom. The molecule has 2 aromatic rings. The van der Waals surface area contributed by atoms with Crippen molar-refractivity contribution >= 4 is 40.4 Å². The summed E-state index contributed by atoms with van der Waals surface area (Å²) in [6, 6.07) is 3.30. The van der Waals surface area contributed by atoms with E-state index in [2.05, 4.69) is 15.0 Å². The molecule has 148 valence electrons. The molecule has 2 atom stereocenters. The number of hydrogen-bond donors (Lipinski definition) is 1. The molecule has 28 heavy (non-hydrogen) atoms. The molecule has 2 unspecified atom stereocenters. The highest BCUT2D eigenvalue weighted by atomic mass is 35.5. The number of guanidine groups is 1. The monoisotopic (exact) mass is 425 g/mol. The van der Waals surface area contributed by atoms with Crippen molar-refractivity contribution in [2.45, 2.75) is 24.6 Å². The van der Waals surface area contributed by atoms with Gasteiger partial charge in [-0.3, -0.25) is 4.31 Å². The molecule has 1 aliphatic rings. The molecule has 1 aliphatic heterocycles. The number of halogens is 3. The van der Waals surface area contributed by atoms with Gasteiger partial charge in [0.15, 0.2) is 5.83 Å². The Morgan fingerprint density at radius 1 is 1.36 bits per heavy atom. The molecular formula is C18H18ClF2N5OS. The highest BCUT2D eigenvalue weighted by Crippen LogP contribution is 2.39. The van der Waals surface area contributed by atoms with Crippen molar-refractivity contribution in [3.63, 3.8) is 0 Å². The highest BCUT2D eigenvalue weighted by Gasteiger charge is 2.44. The van der Waals surface area contributed by atoms with Crippen molar-refractivity contribution in [2.75, 3.05) is 7.05 Å². The molecule has 10 heteroatoms. The third kappa shape index (κ3) is 3.77. The molecular weight excluding hydrogens is 408 g/mol. The van der Waals surface area contributed by atoms with E-state index in [-0.39, 0.29) is 22.4 Å². The lowest BCUT2D eigenvalue weighted by molar-refractivity contribution is 0.471. The fourth-order valence-corrected chi connectivity index (χ4v) is 4.25. The average molecular weight is 426 g/mol. The van der Waals surface area contributed by atoms with Crippen LogP contribution in [0.3, 0.4) is 0 Å². The molecule has 6 nitrogen and oxygen atoms in total. The van der Waals surface area contributed by atoms with Gasteiger partial charge in [-0.1, -0.05) is 17.7 Å². The number of hydrogen-bond acceptors (Lipinski definition) is 5. The first-order valence-electron chi connectivity index (χ1n) is 8.25. The minimum atomic E-state index is -1.52. The summed E-state index contributed by atoms with van der Waals surface area (Å²) in [5.74, 6) is -1.15. The lowest BCUT2D eigenvalue weighted by Crippen LogP contribution is -2.51. The number of aromatic nitrogens is 2. The first-order chi connectivity index (χ1) is 13.1. The average Bonchev–Trinajstić information content (AvgIpc) is 2.65. The smallest absolute Gasteiger partial charge is 0.203 e. The van der Waals surface area contributed by atoms with E-state index in [0.29, 0.717) is 5.56 Å². The predicted octanol–water partition coefficient (Wildman–Crippen LogP) is 3.48. The third-order valence-corrected chi connectivity index (χ3v) is 6.42. The van der Waals surface area contributed by atoms with E-state index < -0.39 is 33.4 Å². The van der Waals surface area contributed by atoms with E-state index >= 15 is 0 Å². The number of benzene rings is 1. The Labute approximate surface area is 168 Å². The van der Waals surface area contributed by atoms with Gasteiger partial charge in [0.2, 0.25) is 5.96 Å². The van der Waals surface area contributed by atoms with Crippen LogP contribution in [0.2, 0.25) is 5.15 Å². The summed E-state index contributed by atoms with van der Waals surface area (Å²) in [5, 5.41) is 0.147. The summed E-state index contributed by atoms with van der Waals surface area (Å²) in [4.78, 5) is 12.0. The lowest BCUT2D eigenvalue weighted by Gasteiger charge is -2.39. The Balaban J connectivity index is 2.03. The maximum Gasteiger partial charge on any atom is 0.203 e. The van der Waals surface area contributed by atoms with E-state index in [1.165, 1.54) is 41.0 Å². The van der Waals surface area contributed by atoms with Crippen molar-refractivity contribution in [1.29, 1.82) is 0 Å². The number of nitrogens with two attached hydrogens (primary N) is 1. The molecule has 0 spiro atoms. The van der Waals surface area contributed by atoms with Crippen molar-refractivity contribution < 1.29 is 13.0 Å². The first-order valence-corrected chi connectivity index (χ1v) is 9.73. The maximum absolute atomic E-state index is 14.6. The summed E-state index contributed by atoms with van der Waals surface area (Å²) >= 11 is 5.65. The van der Waals surface area contributed by atoms with Crippen LogP contribution in [0, 0.1) is 5.82 Å². The zero-order chi connectivity index (χ0) is 20.6. The second-order valence-electron chi connectivity index (χ2n) is 6.74. The molecule has 0 radical (unpaired) electrons. The lowest BCUT2D eigenvalue weighted by atomic mass is 9.93. The van der Waals surface area contributed by atoms with Crippen LogP contribution in [-0.4, -0.2) is 36.2 Å². The Morgan fingerprint density at radius 3 is 2.71 bits per heavy atom. The van der Waals surface area contributed by atoms with Gasteiger partial charge in [0.05, 0.1) is 23.2 Å². The second-order valence-corrected chi connectivity index (χ2v) is 9.22. The van der Waals surface area contributed by atoms with E-state index in [1.807, 2.05) is 0 Å². The predicted molar refractivity (Wildman–Crippen MR) is 107 cm³/mol. The van der Waals surface area contributed by atoms with Gasteiger partial charge >= 0.3 is 0 Å². The Bertz CT molecular complexity index is 994. The molecule has 0 bridgehead atoms. The van der Waals surface area contributed by atoms with Crippen molar-refractivity contribution in [2.24, 2.45) is 10.7 Å². The van der Waals surface area contributed by atoms with E-state index in [4.69, 9.17) is 17.3 Å². The van der Waals surface area contributed by atoms with Crippen molar-refractivity contribution in [3.8, 4) is 0 Å². The van der Waals surface area contributed by atoms with Crippen molar-refractivity contribution in [1.82, 2.24) is 14.3 Å². The van der Waals surface area contributed by atoms with Crippen molar-refractivity contribution in [3.05, 3.63) is 58.4 Å². The molecule has 0 saturated heterocycles. The molecule has 0 fully saturated rings. The van der Waals surface area contributed by atoms with Crippen LogP contribution in [0.4, 0.5) is 8.78 Å². The number of aliphatic imine (C=N–C) groups is 1. The summed E-state index contributed by atoms with van der Waals surface area (Å²) < 4.78 is 42.2. The zero-order valence-corrected chi connectivity index (χ0v) is 16.9. The van der Waals surface area contributed by atoms with Crippen LogP contribution >= 0.6 is 11.6 Å². The molecule has 0 aliphatic carbocycles. The van der Waals surface area contributed by atoms with E-state index in [1.54, 1.807) is 20.9 Å². The van der Waals surface area contributed by atoms with Crippen LogP contribution in [-0.2, 0) is 11.0 Å². The van der Waals surface area contributed by atoms with Gasteiger partial charge in [-0.2, -0.15) is 0 Å². The maximum atomic E-state index is 14.6. The quantitative estimate of drug-likeness (QED) is 0.815. The van der Waals surface area contributed by atoms with Gasteiger partial charge in [-0.05, 0) is 37.6 Å². The zero-order valence-electron chi connectivity index (χ0n) is 15.4. The standard InChI is InChI=1S/C18H18ClF2N5OS/c1-18(2)16(25-17(22)26(3)28(18)27)11-6-10(4-5-12(11)20)7-13(21)14-8-24-15(19)9-23-14/h4-9,16H,1-3H3,(H2,22,25)/b13-7-. The summed E-state index contributed by atoms with van der Waals surface area (Å²) in [7, 11) is 0.0376. The Hall–Kier alpha value is -2.39. The molecule has 2 N–H and O–H groups in total. The molecule has 3 rings (SSSR count). The minimum absolute atomic E-state index is 0.00161. The largest absolute Gasteiger partial charge is 0.369 e. The van der Waals surface area contributed by atoms with Gasteiger partial charge in [0.25, 0.3) is 0 Å². The van der Waals surface area contributed by atoms with Crippen LogP contribution in [0.25, 0.3) is 11.9 Å². The SMILES string of the molecule is CN1C(N)=NC(c2cc(/C=C(\F)c3cnc(Cl)cn3)ccc2F)C(C)(C)S1=O. The summed E-state index contributed by atoms with van der Waals surface area (Å²) in [6.45, 7) is 3.43. The minimum Gasteiger partial charge on any atom is -0.369 e. The topological polar surface area (TPSA) is 84.5 Å². The van der Waals surface area contributed by atoms with Crippen LogP contribution in [0.5, 0.6) is 0 Å². The summed E-state index contributed by atoms with van der Waals surface area (Å²) in [6.07, 6.45) is 3.63. The third-order valence-electron chi connectivity index (χ3n) is 4.41. The molecule has 0 amide bonds. The van der Waals surface area contributed by atoms with Gasteiger partial charge in [0.1, 0.15) is 27.6 Å². The Kier molecular flexibility index (Phi) is 5.49. The van der Waals surface area contributed by atoms with Gasteiger partial charge in [0, 0.05) is 12.6 Å². The number of nitrogens with zero attached hydrogens (tertiary/aromatic N) is 4. The molecule has 1 aromatic heterocycles. The number of rotatable bonds is 3. The highest BCUT2D eigenvalue weighted by molar-refractivity contribution is 7.84.